The molecule has 2 fully saturated rings. The second kappa shape index (κ2) is 6.05. The molecule has 0 spiro atoms. The Labute approximate surface area is 131 Å². The minimum absolute atomic E-state index is 0.685. The van der Waals surface area contributed by atoms with Crippen molar-refractivity contribution in [3.05, 3.63) is 53.7 Å². The molecule has 4 rings (SSSR count). The lowest BCUT2D eigenvalue weighted by Crippen LogP contribution is -2.46. The molecule has 0 unspecified atom stereocenters. The van der Waals surface area contributed by atoms with Crippen LogP contribution in [0.2, 0.25) is 0 Å². The van der Waals surface area contributed by atoms with Crippen molar-refractivity contribution in [2.24, 2.45) is 0 Å². The molecule has 0 atom stereocenters. The van der Waals surface area contributed by atoms with Gasteiger partial charge in [-0.05, 0) is 30.5 Å². The van der Waals surface area contributed by atoms with Crippen LogP contribution in [0.3, 0.4) is 0 Å². The third kappa shape index (κ3) is 3.12. The van der Waals surface area contributed by atoms with Crippen LogP contribution in [0.25, 0.3) is 0 Å². The van der Waals surface area contributed by atoms with Gasteiger partial charge in [0.2, 0.25) is 0 Å². The normalized spacial score (nSPS) is 19.4. The monoisotopic (exact) mass is 294 g/mol. The number of aromatic nitrogens is 2. The molecule has 1 saturated carbocycles. The highest BCUT2D eigenvalue weighted by atomic mass is 15.3. The fourth-order valence-corrected chi connectivity index (χ4v) is 3.08. The second-order valence-electron chi connectivity index (χ2n) is 6.34. The third-order valence-corrected chi connectivity index (χ3v) is 4.61. The highest BCUT2D eigenvalue weighted by Crippen LogP contribution is 2.38. The van der Waals surface area contributed by atoms with Crippen molar-refractivity contribution in [3.63, 3.8) is 0 Å². The molecular formula is C18H22N4. The zero-order chi connectivity index (χ0) is 14.8. The fourth-order valence-electron chi connectivity index (χ4n) is 3.08. The van der Waals surface area contributed by atoms with Crippen LogP contribution in [0.15, 0.2) is 42.5 Å². The van der Waals surface area contributed by atoms with Crippen molar-refractivity contribution in [3.8, 4) is 0 Å². The van der Waals surface area contributed by atoms with Crippen LogP contribution in [-0.4, -0.2) is 41.3 Å². The third-order valence-electron chi connectivity index (χ3n) is 4.61. The van der Waals surface area contributed by atoms with Gasteiger partial charge in [0, 0.05) is 38.6 Å². The molecule has 114 valence electrons. The van der Waals surface area contributed by atoms with E-state index in [-0.39, 0.29) is 0 Å². The minimum atomic E-state index is 0.685. The molecule has 2 heterocycles. The van der Waals surface area contributed by atoms with Gasteiger partial charge in [-0.15, -0.1) is 5.10 Å². The lowest BCUT2D eigenvalue weighted by Gasteiger charge is -2.35. The first-order valence-electron chi connectivity index (χ1n) is 8.23. The van der Waals surface area contributed by atoms with Crippen molar-refractivity contribution in [1.29, 1.82) is 0 Å². The fraction of sp³-hybridized carbons (Fsp3) is 0.444. The minimum Gasteiger partial charge on any atom is -0.353 e. The van der Waals surface area contributed by atoms with Gasteiger partial charge < -0.3 is 4.90 Å². The Bertz CT molecular complexity index is 599. The Morgan fingerprint density at radius 3 is 2.27 bits per heavy atom. The van der Waals surface area contributed by atoms with E-state index < -0.39 is 0 Å². The van der Waals surface area contributed by atoms with E-state index in [4.69, 9.17) is 0 Å². The summed E-state index contributed by atoms with van der Waals surface area (Å²) in [5.41, 5.74) is 2.57. The molecule has 2 aromatic rings. The maximum absolute atomic E-state index is 4.43. The number of piperazine rings is 1. The summed E-state index contributed by atoms with van der Waals surface area (Å²) in [5.74, 6) is 1.72. The second-order valence-corrected chi connectivity index (χ2v) is 6.34. The Kier molecular flexibility index (Phi) is 3.77. The van der Waals surface area contributed by atoms with E-state index in [0.29, 0.717) is 5.92 Å². The van der Waals surface area contributed by atoms with E-state index in [1.54, 1.807) is 0 Å². The number of hydrogen-bond donors (Lipinski definition) is 0. The van der Waals surface area contributed by atoms with Crippen LogP contribution in [0, 0.1) is 0 Å². The first kappa shape index (κ1) is 13.7. The lowest BCUT2D eigenvalue weighted by atomic mass is 10.2. The van der Waals surface area contributed by atoms with Crippen molar-refractivity contribution in [2.45, 2.75) is 25.3 Å². The van der Waals surface area contributed by atoms with E-state index in [9.17, 15) is 0 Å². The van der Waals surface area contributed by atoms with Gasteiger partial charge in [0.15, 0.2) is 5.82 Å². The van der Waals surface area contributed by atoms with Gasteiger partial charge in [0.25, 0.3) is 0 Å². The molecule has 4 heteroatoms. The summed E-state index contributed by atoms with van der Waals surface area (Å²) in [4.78, 5) is 4.86. The van der Waals surface area contributed by atoms with Crippen LogP contribution in [-0.2, 0) is 6.54 Å². The van der Waals surface area contributed by atoms with E-state index in [2.05, 4.69) is 62.5 Å². The summed E-state index contributed by atoms with van der Waals surface area (Å²) in [7, 11) is 0. The Morgan fingerprint density at radius 2 is 1.64 bits per heavy atom. The van der Waals surface area contributed by atoms with E-state index >= 15 is 0 Å². The quantitative estimate of drug-likeness (QED) is 0.868. The number of benzene rings is 1. The largest absolute Gasteiger partial charge is 0.353 e. The van der Waals surface area contributed by atoms with Crippen molar-refractivity contribution >= 4 is 5.82 Å². The average Bonchev–Trinajstić information content (AvgIpc) is 3.42. The van der Waals surface area contributed by atoms with Crippen LogP contribution in [0.5, 0.6) is 0 Å². The molecule has 0 N–H and O–H groups in total. The number of hydrogen-bond acceptors (Lipinski definition) is 4. The summed E-state index contributed by atoms with van der Waals surface area (Å²) in [6, 6.07) is 15.0. The van der Waals surface area contributed by atoms with Crippen molar-refractivity contribution < 1.29 is 0 Å². The molecule has 1 aliphatic carbocycles. The predicted molar refractivity (Wildman–Crippen MR) is 87.9 cm³/mol. The Hall–Kier alpha value is -1.94. The van der Waals surface area contributed by atoms with Gasteiger partial charge in [0.1, 0.15) is 0 Å². The molecular weight excluding hydrogens is 272 g/mol. The highest BCUT2D eigenvalue weighted by Gasteiger charge is 2.26. The van der Waals surface area contributed by atoms with Gasteiger partial charge >= 0.3 is 0 Å². The van der Waals surface area contributed by atoms with Gasteiger partial charge in [0.05, 0.1) is 5.69 Å². The first-order chi connectivity index (χ1) is 10.9. The highest BCUT2D eigenvalue weighted by molar-refractivity contribution is 5.38. The van der Waals surface area contributed by atoms with E-state index in [1.165, 1.54) is 24.1 Å². The van der Waals surface area contributed by atoms with Crippen LogP contribution < -0.4 is 4.90 Å². The standard InChI is InChI=1S/C18H22N4/c1-2-4-15(5-3-1)14-21-10-12-22(13-11-21)18-9-8-17(19-20-18)16-6-7-16/h1-5,8-9,16H,6-7,10-14H2. The van der Waals surface area contributed by atoms with E-state index in [1.807, 2.05) is 0 Å². The SMILES string of the molecule is c1ccc(CN2CCN(c3ccc(C4CC4)nn3)CC2)cc1. The van der Waals surface area contributed by atoms with Crippen LogP contribution in [0.4, 0.5) is 5.82 Å². The lowest BCUT2D eigenvalue weighted by molar-refractivity contribution is 0.249. The topological polar surface area (TPSA) is 32.3 Å². The first-order valence-corrected chi connectivity index (χ1v) is 8.23. The average molecular weight is 294 g/mol. The maximum atomic E-state index is 4.43. The van der Waals surface area contributed by atoms with Crippen molar-refractivity contribution in [2.75, 3.05) is 31.1 Å². The Morgan fingerprint density at radius 1 is 0.864 bits per heavy atom. The van der Waals surface area contributed by atoms with E-state index in [0.717, 1.165) is 38.5 Å². The molecule has 1 aliphatic heterocycles. The summed E-state index contributed by atoms with van der Waals surface area (Å²) in [5, 5.41) is 8.83. The van der Waals surface area contributed by atoms with Crippen LogP contribution in [0.1, 0.15) is 30.0 Å². The molecule has 1 aromatic carbocycles. The van der Waals surface area contributed by atoms with Gasteiger partial charge in [-0.2, -0.15) is 5.10 Å². The Balaban J connectivity index is 1.33. The summed E-state index contributed by atoms with van der Waals surface area (Å²) >= 11 is 0. The predicted octanol–water partition coefficient (Wildman–Crippen LogP) is 2.68. The number of anilines is 1. The zero-order valence-corrected chi connectivity index (χ0v) is 12.9. The summed E-state index contributed by atoms with van der Waals surface area (Å²) < 4.78 is 0. The molecule has 22 heavy (non-hydrogen) atoms. The number of nitrogens with zero attached hydrogens (tertiary/aromatic N) is 4. The smallest absolute Gasteiger partial charge is 0.151 e. The molecule has 1 saturated heterocycles. The summed E-state index contributed by atoms with van der Waals surface area (Å²) in [6.07, 6.45) is 2.57. The molecule has 1 aromatic heterocycles. The molecule has 0 amide bonds. The zero-order valence-electron chi connectivity index (χ0n) is 12.9. The van der Waals surface area contributed by atoms with Gasteiger partial charge in [-0.25, -0.2) is 0 Å². The number of rotatable bonds is 4. The maximum Gasteiger partial charge on any atom is 0.151 e. The van der Waals surface area contributed by atoms with Crippen molar-refractivity contribution in [1.82, 2.24) is 15.1 Å². The summed E-state index contributed by atoms with van der Waals surface area (Å²) in [6.45, 7) is 5.28. The molecule has 0 bridgehead atoms. The van der Waals surface area contributed by atoms with Gasteiger partial charge in [-0.3, -0.25) is 4.90 Å². The molecule has 2 aliphatic rings. The van der Waals surface area contributed by atoms with Gasteiger partial charge in [-0.1, -0.05) is 30.3 Å². The van der Waals surface area contributed by atoms with Crippen LogP contribution >= 0.6 is 0 Å². The molecule has 4 nitrogen and oxygen atoms in total. The molecule has 0 radical (unpaired) electrons.